The van der Waals surface area contributed by atoms with Gasteiger partial charge in [-0.1, -0.05) is 30.9 Å². The maximum atomic E-state index is 6.26. The summed E-state index contributed by atoms with van der Waals surface area (Å²) in [5, 5.41) is 4.19. The minimum Gasteiger partial charge on any atom is -0.493 e. The molecule has 1 aliphatic carbocycles. The average Bonchev–Trinajstić information content (AvgIpc) is 2.41. The highest BCUT2D eigenvalue weighted by molar-refractivity contribution is 6.33. The van der Waals surface area contributed by atoms with E-state index >= 15 is 0 Å². The van der Waals surface area contributed by atoms with Crippen molar-refractivity contribution in [3.8, 4) is 11.5 Å². The summed E-state index contributed by atoms with van der Waals surface area (Å²) in [6.45, 7) is 0. The van der Waals surface area contributed by atoms with Crippen LogP contribution in [0.3, 0.4) is 0 Å². The van der Waals surface area contributed by atoms with Crippen LogP contribution in [0.4, 0.5) is 5.69 Å². The molecule has 0 aromatic heterocycles. The zero-order valence-corrected chi connectivity index (χ0v) is 11.7. The molecule has 100 valence electrons. The van der Waals surface area contributed by atoms with Gasteiger partial charge in [-0.3, -0.25) is 0 Å². The molecular formula is C14H20ClNO2. The first-order chi connectivity index (χ1) is 8.74. The highest BCUT2D eigenvalue weighted by Crippen LogP contribution is 2.37. The highest BCUT2D eigenvalue weighted by atomic mass is 35.5. The fraction of sp³-hybridized carbons (Fsp3) is 0.571. The van der Waals surface area contributed by atoms with Crippen LogP contribution in [0.1, 0.15) is 32.1 Å². The van der Waals surface area contributed by atoms with E-state index in [9.17, 15) is 0 Å². The smallest absolute Gasteiger partial charge is 0.162 e. The second-order valence-electron chi connectivity index (χ2n) is 4.67. The lowest BCUT2D eigenvalue weighted by Gasteiger charge is -2.25. The molecule has 1 aliphatic rings. The zero-order chi connectivity index (χ0) is 13.0. The fourth-order valence-electron chi connectivity index (χ4n) is 2.43. The molecule has 0 heterocycles. The molecule has 1 fully saturated rings. The number of hydrogen-bond acceptors (Lipinski definition) is 3. The van der Waals surface area contributed by atoms with Crippen LogP contribution < -0.4 is 14.8 Å². The lowest BCUT2D eigenvalue weighted by Crippen LogP contribution is -2.22. The Morgan fingerprint density at radius 2 is 1.67 bits per heavy atom. The summed E-state index contributed by atoms with van der Waals surface area (Å²) in [5.41, 5.74) is 0.932. The third kappa shape index (κ3) is 3.02. The van der Waals surface area contributed by atoms with E-state index in [-0.39, 0.29) is 0 Å². The van der Waals surface area contributed by atoms with Crippen molar-refractivity contribution in [2.75, 3.05) is 19.5 Å². The minimum atomic E-state index is 0.523. The summed E-state index contributed by atoms with van der Waals surface area (Å²) in [4.78, 5) is 0. The van der Waals surface area contributed by atoms with Crippen molar-refractivity contribution in [3.63, 3.8) is 0 Å². The Kier molecular flexibility index (Phi) is 4.59. The van der Waals surface area contributed by atoms with E-state index < -0.39 is 0 Å². The lowest BCUT2D eigenvalue weighted by atomic mass is 9.95. The molecule has 0 spiro atoms. The van der Waals surface area contributed by atoms with Crippen LogP contribution in [0.25, 0.3) is 0 Å². The van der Waals surface area contributed by atoms with E-state index in [1.54, 1.807) is 20.3 Å². The fourth-order valence-corrected chi connectivity index (χ4v) is 2.64. The van der Waals surface area contributed by atoms with E-state index in [1.165, 1.54) is 32.1 Å². The predicted molar refractivity (Wildman–Crippen MR) is 75.1 cm³/mol. The van der Waals surface area contributed by atoms with Gasteiger partial charge in [0.15, 0.2) is 11.5 Å². The van der Waals surface area contributed by atoms with Gasteiger partial charge in [-0.15, -0.1) is 0 Å². The Bertz CT molecular complexity index is 403. The molecule has 1 N–H and O–H groups in total. The first kappa shape index (κ1) is 13.3. The number of ether oxygens (including phenoxy) is 2. The molecule has 0 saturated heterocycles. The normalized spacial score (nSPS) is 16.4. The number of anilines is 1. The number of nitrogens with one attached hydrogen (secondary N) is 1. The van der Waals surface area contributed by atoms with Crippen LogP contribution in [-0.2, 0) is 0 Å². The monoisotopic (exact) mass is 269 g/mol. The van der Waals surface area contributed by atoms with E-state index in [0.29, 0.717) is 22.6 Å². The second-order valence-corrected chi connectivity index (χ2v) is 5.07. The summed E-state index contributed by atoms with van der Waals surface area (Å²) < 4.78 is 10.5. The van der Waals surface area contributed by atoms with E-state index in [4.69, 9.17) is 21.1 Å². The van der Waals surface area contributed by atoms with Gasteiger partial charge in [0.1, 0.15) is 0 Å². The Balaban J connectivity index is 2.16. The maximum absolute atomic E-state index is 6.26. The number of hydrogen-bond donors (Lipinski definition) is 1. The van der Waals surface area contributed by atoms with Crippen molar-refractivity contribution in [2.24, 2.45) is 0 Å². The molecule has 0 radical (unpaired) electrons. The Hall–Kier alpha value is -1.09. The molecule has 1 aromatic rings. The van der Waals surface area contributed by atoms with Gasteiger partial charge in [-0.25, -0.2) is 0 Å². The highest BCUT2D eigenvalue weighted by Gasteiger charge is 2.16. The van der Waals surface area contributed by atoms with E-state index in [0.717, 1.165) is 5.69 Å². The van der Waals surface area contributed by atoms with Gasteiger partial charge in [-0.2, -0.15) is 0 Å². The van der Waals surface area contributed by atoms with Crippen LogP contribution in [0.5, 0.6) is 11.5 Å². The van der Waals surface area contributed by atoms with Crippen LogP contribution >= 0.6 is 11.6 Å². The first-order valence-electron chi connectivity index (χ1n) is 6.42. The average molecular weight is 270 g/mol. The van der Waals surface area contributed by atoms with Gasteiger partial charge in [0.25, 0.3) is 0 Å². The number of benzene rings is 1. The Morgan fingerprint density at radius 1 is 1.06 bits per heavy atom. The molecule has 18 heavy (non-hydrogen) atoms. The van der Waals surface area contributed by atoms with Gasteiger partial charge in [0.05, 0.1) is 24.9 Å². The number of halogens is 1. The molecule has 1 saturated carbocycles. The van der Waals surface area contributed by atoms with Crippen molar-refractivity contribution in [2.45, 2.75) is 38.1 Å². The second kappa shape index (κ2) is 6.19. The summed E-state index contributed by atoms with van der Waals surface area (Å²) in [7, 11) is 3.25. The molecule has 1 aromatic carbocycles. The van der Waals surface area contributed by atoms with Gasteiger partial charge in [0.2, 0.25) is 0 Å². The largest absolute Gasteiger partial charge is 0.493 e. The van der Waals surface area contributed by atoms with Gasteiger partial charge in [-0.05, 0) is 12.8 Å². The number of methoxy groups -OCH3 is 2. The minimum absolute atomic E-state index is 0.523. The summed E-state index contributed by atoms with van der Waals surface area (Å²) in [6, 6.07) is 4.23. The van der Waals surface area contributed by atoms with Crippen molar-refractivity contribution in [3.05, 3.63) is 17.2 Å². The maximum Gasteiger partial charge on any atom is 0.162 e. The summed E-state index contributed by atoms with van der Waals surface area (Å²) in [5.74, 6) is 1.37. The Morgan fingerprint density at radius 3 is 2.28 bits per heavy atom. The molecule has 2 rings (SSSR count). The standard InChI is InChI=1S/C14H20ClNO2/c1-17-13-8-11(15)12(9-14(13)18-2)16-10-6-4-3-5-7-10/h8-10,16H,3-7H2,1-2H3. The van der Waals surface area contributed by atoms with Gasteiger partial charge < -0.3 is 14.8 Å². The zero-order valence-electron chi connectivity index (χ0n) is 11.0. The van der Waals surface area contributed by atoms with Crippen LogP contribution in [0.2, 0.25) is 5.02 Å². The molecule has 0 unspecified atom stereocenters. The summed E-state index contributed by atoms with van der Waals surface area (Å²) in [6.07, 6.45) is 6.36. The lowest BCUT2D eigenvalue weighted by molar-refractivity contribution is 0.355. The van der Waals surface area contributed by atoms with Gasteiger partial charge >= 0.3 is 0 Å². The molecular weight excluding hydrogens is 250 g/mol. The van der Waals surface area contributed by atoms with Crippen LogP contribution in [-0.4, -0.2) is 20.3 Å². The van der Waals surface area contributed by atoms with Crippen molar-refractivity contribution in [1.29, 1.82) is 0 Å². The molecule has 0 atom stereocenters. The van der Waals surface area contributed by atoms with E-state index in [1.807, 2.05) is 6.07 Å². The third-order valence-electron chi connectivity index (χ3n) is 3.44. The topological polar surface area (TPSA) is 30.5 Å². The molecule has 3 nitrogen and oxygen atoms in total. The molecule has 0 amide bonds. The number of rotatable bonds is 4. The third-order valence-corrected chi connectivity index (χ3v) is 3.75. The van der Waals surface area contributed by atoms with Crippen molar-refractivity contribution >= 4 is 17.3 Å². The molecule has 0 aliphatic heterocycles. The van der Waals surface area contributed by atoms with Crippen molar-refractivity contribution < 1.29 is 9.47 Å². The van der Waals surface area contributed by atoms with Gasteiger partial charge in [0, 0.05) is 18.2 Å². The molecule has 4 heteroatoms. The van der Waals surface area contributed by atoms with Crippen LogP contribution in [0.15, 0.2) is 12.1 Å². The predicted octanol–water partition coefficient (Wildman–Crippen LogP) is 4.10. The molecule has 0 bridgehead atoms. The quantitative estimate of drug-likeness (QED) is 0.893. The van der Waals surface area contributed by atoms with Crippen molar-refractivity contribution in [1.82, 2.24) is 0 Å². The Labute approximate surface area is 113 Å². The van der Waals surface area contributed by atoms with E-state index in [2.05, 4.69) is 5.32 Å². The SMILES string of the molecule is COc1cc(Cl)c(NC2CCCCC2)cc1OC. The summed E-state index contributed by atoms with van der Waals surface area (Å²) >= 11 is 6.26. The first-order valence-corrected chi connectivity index (χ1v) is 6.80. The van der Waals surface area contributed by atoms with Crippen LogP contribution in [0, 0.1) is 0 Å².